The van der Waals surface area contributed by atoms with Crippen molar-refractivity contribution < 1.29 is 19.1 Å². The van der Waals surface area contributed by atoms with Crippen molar-refractivity contribution >= 4 is 56.9 Å². The second-order valence-corrected chi connectivity index (χ2v) is 11.2. The van der Waals surface area contributed by atoms with Gasteiger partial charge in [-0.1, -0.05) is 68.8 Å². The summed E-state index contributed by atoms with van der Waals surface area (Å²) in [6.45, 7) is 6.86. The number of anilines is 1. The zero-order chi connectivity index (χ0) is 30.1. The first-order valence-corrected chi connectivity index (χ1v) is 15.6. The van der Waals surface area contributed by atoms with Gasteiger partial charge in [0, 0.05) is 44.5 Å². The first-order valence-electron chi connectivity index (χ1n) is 14.4. The number of carbonyl (C=O) groups excluding carboxylic acids is 3. The van der Waals surface area contributed by atoms with Crippen molar-refractivity contribution in [3.05, 3.63) is 77.3 Å². The number of likely N-dealkylation sites (tertiary alicyclic amines) is 1. The number of amides is 2. The molecule has 2 aliphatic rings. The van der Waals surface area contributed by atoms with Crippen molar-refractivity contribution in [3.8, 4) is 16.3 Å². The van der Waals surface area contributed by atoms with Gasteiger partial charge in [-0.2, -0.15) is 0 Å². The van der Waals surface area contributed by atoms with Crippen molar-refractivity contribution in [2.75, 3.05) is 18.4 Å². The molecule has 1 fully saturated rings. The number of nitrogens with zero attached hydrogens (tertiary/aromatic N) is 2. The number of hydrogen-bond donors (Lipinski definition) is 1. The summed E-state index contributed by atoms with van der Waals surface area (Å²) in [4.78, 5) is 41.3. The number of hydrogen-bond acceptors (Lipinski definition) is 6. The Kier molecular flexibility index (Phi) is 10.7. The van der Waals surface area contributed by atoms with Gasteiger partial charge in [0.25, 0.3) is 0 Å². The van der Waals surface area contributed by atoms with Crippen LogP contribution in [-0.2, 0) is 20.8 Å². The lowest BCUT2D eigenvalue weighted by Crippen LogP contribution is -2.52. The summed E-state index contributed by atoms with van der Waals surface area (Å²) in [5.41, 5.74) is 2.98. The largest absolute Gasteiger partial charge is 0.479 e. The maximum atomic E-state index is 12.9. The van der Waals surface area contributed by atoms with Crippen LogP contribution in [0, 0.1) is 0 Å². The second kappa shape index (κ2) is 14.4. The molecule has 2 aliphatic heterocycles. The zero-order valence-electron chi connectivity index (χ0n) is 24.2. The summed E-state index contributed by atoms with van der Waals surface area (Å²) in [5, 5.41) is 4.29. The van der Waals surface area contributed by atoms with E-state index in [9.17, 15) is 14.4 Å². The number of ketones is 1. The number of carbonyl (C=O) groups is 3. The molecule has 0 spiro atoms. The summed E-state index contributed by atoms with van der Waals surface area (Å²) < 4.78 is 7.37. The summed E-state index contributed by atoms with van der Waals surface area (Å²) in [5.74, 6) is 0.818. The third kappa shape index (κ3) is 6.99. The highest BCUT2D eigenvalue weighted by molar-refractivity contribution is 7.22. The van der Waals surface area contributed by atoms with Gasteiger partial charge >= 0.3 is 0 Å². The Bertz CT molecular complexity index is 1550. The number of para-hydroxylation sites is 2. The van der Waals surface area contributed by atoms with Crippen LogP contribution in [0.1, 0.15) is 52.0 Å². The van der Waals surface area contributed by atoms with E-state index in [1.54, 1.807) is 4.90 Å². The molecular weight excluding hydrogens is 570 g/mol. The Balaban J connectivity index is 0.000000259. The molecule has 0 saturated carbocycles. The van der Waals surface area contributed by atoms with Gasteiger partial charge in [0.2, 0.25) is 12.3 Å². The van der Waals surface area contributed by atoms with Crippen LogP contribution in [0.5, 0.6) is 5.75 Å². The maximum absolute atomic E-state index is 12.9. The lowest BCUT2D eigenvalue weighted by Gasteiger charge is -2.39. The molecule has 7 nitrogen and oxygen atoms in total. The number of aromatic nitrogens is 1. The van der Waals surface area contributed by atoms with Crippen LogP contribution in [-0.4, -0.2) is 46.7 Å². The number of piperidine rings is 1. The van der Waals surface area contributed by atoms with E-state index in [-0.39, 0.29) is 11.7 Å². The number of nitrogens with one attached hydrogen (secondary N) is 1. The molecule has 0 atom stereocenters. The maximum Gasteiger partial charge on any atom is 0.224 e. The number of ether oxygens (including phenoxy) is 1. The monoisotopic (exact) mass is 605 g/mol. The first kappa shape index (κ1) is 31.2. The van der Waals surface area contributed by atoms with Crippen molar-refractivity contribution in [2.45, 2.75) is 58.5 Å². The fraction of sp³-hybridized carbons (Fsp3) is 0.333. The zero-order valence-corrected chi connectivity index (χ0v) is 25.8. The van der Waals surface area contributed by atoms with Crippen LogP contribution in [0.2, 0.25) is 5.02 Å². The highest BCUT2D eigenvalue weighted by Crippen LogP contribution is 2.40. The lowest BCUT2D eigenvalue weighted by molar-refractivity contribution is -0.140. The van der Waals surface area contributed by atoms with Gasteiger partial charge in [0.05, 0.1) is 20.8 Å². The van der Waals surface area contributed by atoms with Crippen molar-refractivity contribution in [2.24, 2.45) is 0 Å². The summed E-state index contributed by atoms with van der Waals surface area (Å²) in [6, 6.07) is 21.2. The van der Waals surface area contributed by atoms with E-state index in [2.05, 4.69) is 11.4 Å². The molecule has 1 aromatic heterocycles. The average Bonchev–Trinajstić information content (AvgIpc) is 3.48. The number of halogens is 1. The van der Waals surface area contributed by atoms with Crippen molar-refractivity contribution in [3.63, 3.8) is 0 Å². The van der Waals surface area contributed by atoms with E-state index in [0.29, 0.717) is 49.5 Å². The molecule has 42 heavy (non-hydrogen) atoms. The molecule has 220 valence electrons. The number of aryl methyl sites for hydroxylation is 1. The molecule has 0 radical (unpaired) electrons. The summed E-state index contributed by atoms with van der Waals surface area (Å²) >= 11 is 7.83. The molecule has 3 heterocycles. The third-order valence-electron chi connectivity index (χ3n) is 7.29. The van der Waals surface area contributed by atoms with Crippen LogP contribution in [0.15, 0.2) is 66.7 Å². The van der Waals surface area contributed by atoms with Crippen molar-refractivity contribution in [1.82, 2.24) is 9.88 Å². The smallest absolute Gasteiger partial charge is 0.224 e. The minimum atomic E-state index is -0.918. The fourth-order valence-corrected chi connectivity index (χ4v) is 6.33. The minimum Gasteiger partial charge on any atom is -0.479 e. The third-order valence-corrected chi connectivity index (χ3v) is 8.85. The van der Waals surface area contributed by atoms with Gasteiger partial charge in [-0.3, -0.25) is 14.4 Å². The van der Waals surface area contributed by atoms with Crippen molar-refractivity contribution in [1.29, 1.82) is 0 Å². The van der Waals surface area contributed by atoms with Gasteiger partial charge in [0.15, 0.2) is 11.4 Å². The molecule has 1 saturated heterocycles. The molecule has 0 aliphatic carbocycles. The van der Waals surface area contributed by atoms with E-state index in [1.807, 2.05) is 81.4 Å². The molecule has 0 unspecified atom stereocenters. The minimum absolute atomic E-state index is 0.0604. The van der Waals surface area contributed by atoms with Crippen LogP contribution in [0.25, 0.3) is 20.8 Å². The Hall–Kier alpha value is -3.75. The SMILES string of the molecule is CC.CCC(=O)C1(Oc2ccccc2-c2nc3cccc(Cl)c3s2)CCN(C=O)CC1.O=C1CCc2ccccc2N1. The van der Waals surface area contributed by atoms with Crippen LogP contribution in [0.3, 0.4) is 0 Å². The van der Waals surface area contributed by atoms with Gasteiger partial charge in [-0.15, -0.1) is 11.3 Å². The highest BCUT2D eigenvalue weighted by Gasteiger charge is 2.42. The lowest BCUT2D eigenvalue weighted by atomic mass is 9.85. The van der Waals surface area contributed by atoms with E-state index in [1.165, 1.54) is 16.9 Å². The first-order chi connectivity index (χ1) is 20.4. The van der Waals surface area contributed by atoms with Gasteiger partial charge in [0.1, 0.15) is 10.8 Å². The normalized spacial score (nSPS) is 15.2. The summed E-state index contributed by atoms with van der Waals surface area (Å²) in [6.07, 6.45) is 3.69. The highest BCUT2D eigenvalue weighted by atomic mass is 35.5. The molecule has 2 amide bonds. The van der Waals surface area contributed by atoms with Crippen LogP contribution < -0.4 is 10.1 Å². The van der Waals surface area contributed by atoms with Crippen LogP contribution in [0.4, 0.5) is 5.69 Å². The predicted molar refractivity (Wildman–Crippen MR) is 170 cm³/mol. The standard InChI is InChI=1S/C22H21ClN2O3S.C9H9NO.C2H6/c1-2-19(27)22(10-12-25(14-26)13-11-22)28-18-9-4-3-6-15(18)21-24-17-8-5-7-16(23)20(17)29-21;11-9-6-5-7-3-1-2-4-8(7)10-9;1-2/h3-9,14H,2,10-13H2,1H3;1-4H,5-6H2,(H,10,11);1-2H3. The molecule has 6 rings (SSSR count). The Labute approximate surface area is 255 Å². The second-order valence-electron chi connectivity index (χ2n) is 9.82. The summed E-state index contributed by atoms with van der Waals surface area (Å²) in [7, 11) is 0. The van der Waals surface area contributed by atoms with Gasteiger partial charge in [-0.05, 0) is 42.3 Å². The Morgan fingerprint density at radius 2 is 1.76 bits per heavy atom. The predicted octanol–water partition coefficient (Wildman–Crippen LogP) is 7.56. The molecule has 4 aromatic rings. The van der Waals surface area contributed by atoms with Gasteiger partial charge < -0.3 is 15.0 Å². The number of benzene rings is 3. The van der Waals surface area contributed by atoms with E-state index < -0.39 is 5.60 Å². The van der Waals surface area contributed by atoms with Crippen LogP contribution >= 0.6 is 22.9 Å². The number of Topliss-reactive ketones (excluding diaryl/α,β-unsaturated/α-hetero) is 1. The van der Waals surface area contributed by atoms with Gasteiger partial charge in [-0.25, -0.2) is 4.98 Å². The molecule has 3 aromatic carbocycles. The molecule has 1 N–H and O–H groups in total. The Morgan fingerprint density at radius 1 is 1.05 bits per heavy atom. The Morgan fingerprint density at radius 3 is 2.48 bits per heavy atom. The number of thiazole rings is 1. The van der Waals surface area contributed by atoms with E-state index in [0.717, 1.165) is 39.3 Å². The quantitative estimate of drug-likeness (QED) is 0.229. The van der Waals surface area contributed by atoms with E-state index in [4.69, 9.17) is 21.3 Å². The fourth-order valence-electron chi connectivity index (χ4n) is 5.05. The molecule has 0 bridgehead atoms. The topological polar surface area (TPSA) is 88.6 Å². The number of rotatable bonds is 6. The average molecular weight is 606 g/mol. The molecular formula is C33H36ClN3O4S. The number of fused-ring (bicyclic) bond motifs is 2. The molecule has 9 heteroatoms. The van der Waals surface area contributed by atoms with E-state index >= 15 is 0 Å².